The summed E-state index contributed by atoms with van der Waals surface area (Å²) in [5, 5.41) is 0. The molecule has 2 aromatic carbocycles. The van der Waals surface area contributed by atoms with Crippen LogP contribution in [0, 0.1) is 6.07 Å². The van der Waals surface area contributed by atoms with Crippen molar-refractivity contribution in [2.45, 2.75) is 6.92 Å². The highest BCUT2D eigenvalue weighted by molar-refractivity contribution is 5.77. The number of para-hydroxylation sites is 1. The molecule has 0 aliphatic rings. The maximum atomic E-state index is 10.9. The summed E-state index contributed by atoms with van der Waals surface area (Å²) in [5.41, 5.74) is 2.01. The van der Waals surface area contributed by atoms with Gasteiger partial charge in [-0.15, -0.1) is 0 Å². The van der Waals surface area contributed by atoms with Gasteiger partial charge in [0, 0.05) is 11.6 Å². The highest BCUT2D eigenvalue weighted by Gasteiger charge is 2.06. The van der Waals surface area contributed by atoms with Gasteiger partial charge in [0.2, 0.25) is 0 Å². The minimum Gasteiger partial charge on any atom is -0.485 e. The van der Waals surface area contributed by atoms with Gasteiger partial charge in [-0.3, -0.25) is 4.79 Å². The first-order valence-electron chi connectivity index (χ1n) is 5.46. The minimum atomic E-state index is 0.00117. The van der Waals surface area contributed by atoms with Gasteiger partial charge in [0.1, 0.15) is 12.4 Å². The van der Waals surface area contributed by atoms with Gasteiger partial charge in [-0.1, -0.05) is 48.5 Å². The molecular weight excluding hydrogens is 212 g/mol. The zero-order valence-corrected chi connectivity index (χ0v) is 9.64. The molecule has 0 fully saturated rings. The van der Waals surface area contributed by atoms with Crippen LogP contribution in [0.25, 0.3) is 11.1 Å². The standard InChI is InChI=1S/C15H13O2/c1-12(16)11-17-15-10-6-5-9-14(15)13-7-3-2-4-8-13/h2-9H,11H2,1H3. The number of benzene rings is 2. The Labute approximate surface area is 101 Å². The predicted molar refractivity (Wildman–Crippen MR) is 66.9 cm³/mol. The van der Waals surface area contributed by atoms with E-state index in [9.17, 15) is 4.79 Å². The van der Waals surface area contributed by atoms with E-state index in [-0.39, 0.29) is 12.4 Å². The monoisotopic (exact) mass is 225 g/mol. The molecule has 0 saturated heterocycles. The van der Waals surface area contributed by atoms with E-state index in [1.54, 1.807) is 6.07 Å². The lowest BCUT2D eigenvalue weighted by atomic mass is 10.1. The topological polar surface area (TPSA) is 26.3 Å². The van der Waals surface area contributed by atoms with Gasteiger partial charge >= 0.3 is 0 Å². The number of rotatable bonds is 4. The smallest absolute Gasteiger partial charge is 0.167 e. The lowest BCUT2D eigenvalue weighted by Crippen LogP contribution is -2.07. The van der Waals surface area contributed by atoms with E-state index in [4.69, 9.17) is 4.74 Å². The molecule has 0 heterocycles. The Morgan fingerprint density at radius 1 is 1.18 bits per heavy atom. The maximum absolute atomic E-state index is 10.9. The first kappa shape index (κ1) is 11.4. The third kappa shape index (κ3) is 2.94. The molecule has 0 aliphatic carbocycles. The number of ether oxygens (including phenoxy) is 1. The lowest BCUT2D eigenvalue weighted by molar-refractivity contribution is -0.118. The molecule has 0 aromatic heterocycles. The number of ketones is 1. The van der Waals surface area contributed by atoms with E-state index in [1.807, 2.05) is 42.5 Å². The molecule has 0 amide bonds. The summed E-state index contributed by atoms with van der Waals surface area (Å²) < 4.78 is 5.45. The molecule has 2 rings (SSSR count). The van der Waals surface area contributed by atoms with Gasteiger partial charge in [0.15, 0.2) is 5.78 Å². The Morgan fingerprint density at radius 3 is 2.65 bits per heavy atom. The highest BCUT2D eigenvalue weighted by Crippen LogP contribution is 2.28. The van der Waals surface area contributed by atoms with Gasteiger partial charge < -0.3 is 4.74 Å². The van der Waals surface area contributed by atoms with Crippen molar-refractivity contribution in [1.29, 1.82) is 0 Å². The quantitative estimate of drug-likeness (QED) is 0.799. The Bertz CT molecular complexity index is 503. The molecule has 85 valence electrons. The van der Waals surface area contributed by atoms with E-state index in [1.165, 1.54) is 6.92 Å². The fourth-order valence-electron chi connectivity index (χ4n) is 1.56. The molecule has 1 radical (unpaired) electrons. The van der Waals surface area contributed by atoms with Crippen LogP contribution in [0.15, 0.2) is 48.5 Å². The van der Waals surface area contributed by atoms with Crippen molar-refractivity contribution in [2.75, 3.05) is 6.61 Å². The molecule has 0 unspecified atom stereocenters. The van der Waals surface area contributed by atoms with Gasteiger partial charge in [-0.25, -0.2) is 0 Å². The predicted octanol–water partition coefficient (Wildman–Crippen LogP) is 3.12. The summed E-state index contributed by atoms with van der Waals surface area (Å²) in [6, 6.07) is 18.6. The molecular formula is C15H13O2. The molecule has 2 nitrogen and oxygen atoms in total. The fourth-order valence-corrected chi connectivity index (χ4v) is 1.56. The van der Waals surface area contributed by atoms with Crippen molar-refractivity contribution >= 4 is 5.78 Å². The minimum absolute atomic E-state index is 0.00117. The second-order valence-electron chi connectivity index (χ2n) is 3.77. The largest absolute Gasteiger partial charge is 0.485 e. The molecule has 0 bridgehead atoms. The highest BCUT2D eigenvalue weighted by atomic mass is 16.5. The van der Waals surface area contributed by atoms with E-state index in [2.05, 4.69) is 6.07 Å². The molecule has 2 aromatic rings. The van der Waals surface area contributed by atoms with Crippen LogP contribution >= 0.6 is 0 Å². The molecule has 0 aliphatic heterocycles. The molecule has 0 atom stereocenters. The van der Waals surface area contributed by atoms with Gasteiger partial charge in [0.05, 0.1) is 0 Å². The summed E-state index contributed by atoms with van der Waals surface area (Å²) >= 11 is 0. The second-order valence-corrected chi connectivity index (χ2v) is 3.77. The first-order chi connectivity index (χ1) is 8.27. The summed E-state index contributed by atoms with van der Waals surface area (Å²) in [6.07, 6.45) is 0. The number of hydrogen-bond donors (Lipinski definition) is 0. The van der Waals surface area contributed by atoms with E-state index in [0.717, 1.165) is 11.1 Å². The number of carbonyl (C=O) groups excluding carboxylic acids is 1. The molecule has 2 heteroatoms. The Kier molecular flexibility index (Phi) is 3.55. The van der Waals surface area contributed by atoms with Crippen LogP contribution < -0.4 is 4.74 Å². The summed E-state index contributed by atoms with van der Waals surface area (Å²) in [4.78, 5) is 10.9. The van der Waals surface area contributed by atoms with Crippen molar-refractivity contribution < 1.29 is 9.53 Å². The first-order valence-corrected chi connectivity index (χ1v) is 5.46. The van der Waals surface area contributed by atoms with E-state index >= 15 is 0 Å². The van der Waals surface area contributed by atoms with Gasteiger partial charge in [-0.05, 0) is 12.5 Å². The van der Waals surface area contributed by atoms with Crippen LogP contribution in [0.2, 0.25) is 0 Å². The maximum Gasteiger partial charge on any atom is 0.167 e. The lowest BCUT2D eigenvalue weighted by Gasteiger charge is -2.09. The molecule has 0 spiro atoms. The van der Waals surface area contributed by atoms with Crippen molar-refractivity contribution in [2.24, 2.45) is 0 Å². The van der Waals surface area contributed by atoms with Crippen molar-refractivity contribution in [1.82, 2.24) is 0 Å². The summed E-state index contributed by atoms with van der Waals surface area (Å²) in [6.45, 7) is 1.59. The molecule has 0 saturated carbocycles. The second kappa shape index (κ2) is 5.30. The average molecular weight is 225 g/mol. The average Bonchev–Trinajstić information content (AvgIpc) is 2.38. The normalized spacial score (nSPS) is 9.94. The van der Waals surface area contributed by atoms with Crippen molar-refractivity contribution in [3.05, 3.63) is 54.6 Å². The van der Waals surface area contributed by atoms with Crippen LogP contribution in [-0.2, 0) is 4.79 Å². The van der Waals surface area contributed by atoms with Crippen LogP contribution in [0.3, 0.4) is 0 Å². The molecule has 17 heavy (non-hydrogen) atoms. The van der Waals surface area contributed by atoms with E-state index < -0.39 is 0 Å². The zero-order valence-electron chi connectivity index (χ0n) is 9.64. The van der Waals surface area contributed by atoms with E-state index in [0.29, 0.717) is 5.75 Å². The Balaban J connectivity index is 2.31. The Hall–Kier alpha value is -2.09. The zero-order chi connectivity index (χ0) is 12.1. The van der Waals surface area contributed by atoms with Crippen LogP contribution in [0.1, 0.15) is 6.92 Å². The number of Topliss-reactive ketones (excluding diaryl/α,β-unsaturated/α-hetero) is 1. The Morgan fingerprint density at radius 2 is 1.94 bits per heavy atom. The number of carbonyl (C=O) groups is 1. The van der Waals surface area contributed by atoms with Crippen LogP contribution in [0.5, 0.6) is 5.75 Å². The fraction of sp³-hybridized carbons (Fsp3) is 0.133. The molecule has 0 N–H and O–H groups in total. The SMILES string of the molecule is CC(=O)COc1[c]cccc1-c1ccccc1. The van der Waals surface area contributed by atoms with Gasteiger partial charge in [-0.2, -0.15) is 0 Å². The summed E-state index contributed by atoms with van der Waals surface area (Å²) in [5.74, 6) is 0.621. The van der Waals surface area contributed by atoms with Crippen LogP contribution in [-0.4, -0.2) is 12.4 Å². The van der Waals surface area contributed by atoms with Crippen molar-refractivity contribution in [3.63, 3.8) is 0 Å². The van der Waals surface area contributed by atoms with Crippen LogP contribution in [0.4, 0.5) is 0 Å². The third-order valence-corrected chi connectivity index (χ3v) is 2.32. The summed E-state index contributed by atoms with van der Waals surface area (Å²) in [7, 11) is 0. The van der Waals surface area contributed by atoms with Gasteiger partial charge in [0.25, 0.3) is 0 Å². The number of hydrogen-bond acceptors (Lipinski definition) is 2. The van der Waals surface area contributed by atoms with Crippen molar-refractivity contribution in [3.8, 4) is 16.9 Å². The third-order valence-electron chi connectivity index (χ3n) is 2.32.